The monoisotopic (exact) mass is 240 g/mol. The lowest BCUT2D eigenvalue weighted by Crippen LogP contribution is -2.08. The Labute approximate surface area is 109 Å². The van der Waals surface area contributed by atoms with Crippen LogP contribution in [0, 0.1) is 0 Å². The Morgan fingerprint density at radius 3 is 2.44 bits per heavy atom. The number of rotatable bonds is 3. The van der Waals surface area contributed by atoms with Gasteiger partial charge in [-0.2, -0.15) is 0 Å². The van der Waals surface area contributed by atoms with Crippen molar-refractivity contribution in [2.24, 2.45) is 4.99 Å². The highest BCUT2D eigenvalue weighted by Crippen LogP contribution is 2.49. The lowest BCUT2D eigenvalue weighted by atomic mass is 9.98. The van der Waals surface area contributed by atoms with Crippen LogP contribution in [0.15, 0.2) is 23.2 Å². The maximum atomic E-state index is 4.50. The minimum absolute atomic E-state index is 0.855. The quantitative estimate of drug-likeness (QED) is 0.847. The standard InChI is InChI=1S/C16H20N2/c1-2-16(17-9-1)18-13-7-8-14(11-3-4-11)15(10-13)12-5-6-12/h7-8,10-12H,1-6,9H2,(H,17,18). The molecule has 1 heterocycles. The first kappa shape index (κ1) is 10.6. The highest BCUT2D eigenvalue weighted by Gasteiger charge is 2.32. The Morgan fingerprint density at radius 2 is 1.78 bits per heavy atom. The van der Waals surface area contributed by atoms with Crippen LogP contribution in [0.25, 0.3) is 0 Å². The molecule has 1 aromatic rings. The van der Waals surface area contributed by atoms with E-state index in [0.29, 0.717) is 0 Å². The summed E-state index contributed by atoms with van der Waals surface area (Å²) in [6, 6.07) is 7.01. The number of hydrogen-bond donors (Lipinski definition) is 1. The highest BCUT2D eigenvalue weighted by molar-refractivity contribution is 5.96. The van der Waals surface area contributed by atoms with Gasteiger partial charge in [0, 0.05) is 18.7 Å². The predicted octanol–water partition coefficient (Wildman–Crippen LogP) is 4.05. The van der Waals surface area contributed by atoms with Crippen molar-refractivity contribution in [3.63, 3.8) is 0 Å². The SMILES string of the molecule is c1cc(C2CC2)c(C2CC2)cc1NC1=NCCC1. The van der Waals surface area contributed by atoms with Crippen LogP contribution >= 0.6 is 0 Å². The van der Waals surface area contributed by atoms with Gasteiger partial charge in [-0.3, -0.25) is 4.99 Å². The second-order valence-corrected chi connectivity index (χ2v) is 5.95. The van der Waals surface area contributed by atoms with Crippen LogP contribution in [0.5, 0.6) is 0 Å². The zero-order valence-corrected chi connectivity index (χ0v) is 10.8. The summed E-state index contributed by atoms with van der Waals surface area (Å²) < 4.78 is 0. The lowest BCUT2D eigenvalue weighted by Gasteiger charge is -2.12. The smallest absolute Gasteiger partial charge is 0.101 e. The molecule has 0 amide bonds. The summed E-state index contributed by atoms with van der Waals surface area (Å²) in [5.41, 5.74) is 4.51. The van der Waals surface area contributed by atoms with Gasteiger partial charge in [-0.25, -0.2) is 0 Å². The lowest BCUT2D eigenvalue weighted by molar-refractivity contribution is 0.951. The van der Waals surface area contributed by atoms with Gasteiger partial charge in [-0.1, -0.05) is 6.07 Å². The summed E-state index contributed by atoms with van der Waals surface area (Å²) in [4.78, 5) is 4.50. The molecule has 0 unspecified atom stereocenters. The van der Waals surface area contributed by atoms with E-state index in [4.69, 9.17) is 0 Å². The van der Waals surface area contributed by atoms with Gasteiger partial charge in [0.2, 0.25) is 0 Å². The Bertz CT molecular complexity index is 496. The molecule has 3 aliphatic rings. The molecule has 18 heavy (non-hydrogen) atoms. The molecule has 2 saturated carbocycles. The van der Waals surface area contributed by atoms with Crippen molar-refractivity contribution in [1.29, 1.82) is 0 Å². The fourth-order valence-corrected chi connectivity index (χ4v) is 2.97. The van der Waals surface area contributed by atoms with Crippen molar-refractivity contribution in [1.82, 2.24) is 0 Å². The fraction of sp³-hybridized carbons (Fsp3) is 0.562. The molecular formula is C16H20N2. The van der Waals surface area contributed by atoms with Crippen LogP contribution in [0.3, 0.4) is 0 Å². The van der Waals surface area contributed by atoms with Gasteiger partial charge in [0.25, 0.3) is 0 Å². The first-order valence-electron chi connectivity index (χ1n) is 7.34. The van der Waals surface area contributed by atoms with E-state index in [1.807, 2.05) is 0 Å². The van der Waals surface area contributed by atoms with Gasteiger partial charge in [0.1, 0.15) is 5.84 Å². The van der Waals surface area contributed by atoms with Gasteiger partial charge in [-0.05, 0) is 67.2 Å². The number of nitrogens with zero attached hydrogens (tertiary/aromatic N) is 1. The molecule has 94 valence electrons. The van der Waals surface area contributed by atoms with E-state index >= 15 is 0 Å². The third-order valence-corrected chi connectivity index (χ3v) is 4.28. The summed E-state index contributed by atoms with van der Waals surface area (Å²) in [6.07, 6.45) is 7.91. The average molecular weight is 240 g/mol. The summed E-state index contributed by atoms with van der Waals surface area (Å²) in [5, 5.41) is 3.50. The number of nitrogens with one attached hydrogen (secondary N) is 1. The Morgan fingerprint density at radius 1 is 1.00 bits per heavy atom. The molecule has 0 spiro atoms. The van der Waals surface area contributed by atoms with Gasteiger partial charge in [0.15, 0.2) is 0 Å². The van der Waals surface area contributed by atoms with Gasteiger partial charge in [-0.15, -0.1) is 0 Å². The molecule has 1 N–H and O–H groups in total. The molecule has 0 atom stereocenters. The highest BCUT2D eigenvalue weighted by atomic mass is 15.0. The van der Waals surface area contributed by atoms with E-state index in [1.165, 1.54) is 43.6 Å². The van der Waals surface area contributed by atoms with E-state index in [1.54, 1.807) is 11.1 Å². The summed E-state index contributed by atoms with van der Waals surface area (Å²) in [5.74, 6) is 2.90. The van der Waals surface area contributed by atoms with Crippen LogP contribution in [-0.2, 0) is 0 Å². The number of anilines is 1. The van der Waals surface area contributed by atoms with Crippen molar-refractivity contribution in [2.75, 3.05) is 11.9 Å². The molecule has 1 aliphatic heterocycles. The van der Waals surface area contributed by atoms with Gasteiger partial charge >= 0.3 is 0 Å². The Kier molecular flexibility index (Phi) is 2.42. The molecule has 2 nitrogen and oxygen atoms in total. The zero-order valence-electron chi connectivity index (χ0n) is 10.8. The molecule has 1 aromatic carbocycles. The summed E-state index contributed by atoms with van der Waals surface area (Å²) in [6.45, 7) is 0.998. The van der Waals surface area contributed by atoms with Gasteiger partial charge < -0.3 is 5.32 Å². The van der Waals surface area contributed by atoms with Crippen LogP contribution in [-0.4, -0.2) is 12.4 Å². The summed E-state index contributed by atoms with van der Waals surface area (Å²) >= 11 is 0. The fourth-order valence-electron chi connectivity index (χ4n) is 2.97. The molecule has 0 aromatic heterocycles. The molecule has 0 radical (unpaired) electrons. The maximum absolute atomic E-state index is 4.50. The van der Waals surface area contributed by atoms with Gasteiger partial charge in [0.05, 0.1) is 0 Å². The van der Waals surface area contributed by atoms with Crippen LogP contribution in [0.4, 0.5) is 5.69 Å². The average Bonchev–Trinajstić information content (AvgIpc) is 3.29. The van der Waals surface area contributed by atoms with Crippen molar-refractivity contribution in [2.45, 2.75) is 50.4 Å². The molecule has 2 fully saturated rings. The molecule has 0 saturated heterocycles. The van der Waals surface area contributed by atoms with Crippen molar-refractivity contribution < 1.29 is 0 Å². The van der Waals surface area contributed by atoms with E-state index in [0.717, 1.165) is 24.8 Å². The van der Waals surface area contributed by atoms with Crippen molar-refractivity contribution in [3.05, 3.63) is 29.3 Å². The summed E-state index contributed by atoms with van der Waals surface area (Å²) in [7, 11) is 0. The Hall–Kier alpha value is -1.31. The third-order valence-electron chi connectivity index (χ3n) is 4.28. The molecule has 2 aliphatic carbocycles. The van der Waals surface area contributed by atoms with Crippen LogP contribution in [0.1, 0.15) is 61.5 Å². The zero-order chi connectivity index (χ0) is 11.9. The van der Waals surface area contributed by atoms with Crippen LogP contribution < -0.4 is 5.32 Å². The Balaban J connectivity index is 1.61. The number of amidine groups is 1. The molecular weight excluding hydrogens is 220 g/mol. The third kappa shape index (κ3) is 2.05. The largest absolute Gasteiger partial charge is 0.344 e. The topological polar surface area (TPSA) is 24.4 Å². The first-order valence-corrected chi connectivity index (χ1v) is 7.34. The first-order chi connectivity index (χ1) is 8.90. The minimum atomic E-state index is 0.855. The maximum Gasteiger partial charge on any atom is 0.101 e. The number of aliphatic imine (C=N–C) groups is 1. The normalized spacial score (nSPS) is 23.0. The predicted molar refractivity (Wildman–Crippen MR) is 75.6 cm³/mol. The van der Waals surface area contributed by atoms with E-state index in [9.17, 15) is 0 Å². The second kappa shape index (κ2) is 4.11. The van der Waals surface area contributed by atoms with Crippen molar-refractivity contribution in [3.8, 4) is 0 Å². The molecule has 0 bridgehead atoms. The van der Waals surface area contributed by atoms with E-state index < -0.39 is 0 Å². The molecule has 2 heteroatoms. The molecule has 4 rings (SSSR count). The minimum Gasteiger partial charge on any atom is -0.344 e. The number of benzene rings is 1. The van der Waals surface area contributed by atoms with E-state index in [-0.39, 0.29) is 0 Å². The van der Waals surface area contributed by atoms with Crippen molar-refractivity contribution >= 4 is 11.5 Å². The van der Waals surface area contributed by atoms with Crippen LogP contribution in [0.2, 0.25) is 0 Å². The van der Waals surface area contributed by atoms with E-state index in [2.05, 4.69) is 28.5 Å². The number of hydrogen-bond acceptors (Lipinski definition) is 2. The second-order valence-electron chi connectivity index (χ2n) is 5.95.